The molecule has 2 aromatic rings. The Morgan fingerprint density at radius 3 is 2.61 bits per heavy atom. The summed E-state index contributed by atoms with van der Waals surface area (Å²) < 4.78 is 0. The van der Waals surface area contributed by atoms with Crippen LogP contribution in [0.4, 0.5) is 5.69 Å². The molecule has 3 aliphatic heterocycles. The van der Waals surface area contributed by atoms with E-state index in [2.05, 4.69) is 59.8 Å². The Balaban J connectivity index is 1.57. The molecule has 0 radical (unpaired) electrons. The molecule has 0 aliphatic carbocycles. The summed E-state index contributed by atoms with van der Waals surface area (Å²) in [5, 5.41) is 1.78. The lowest BCUT2D eigenvalue weighted by molar-refractivity contribution is 0.320. The van der Waals surface area contributed by atoms with Gasteiger partial charge in [0.25, 0.3) is 0 Å². The van der Waals surface area contributed by atoms with Crippen molar-refractivity contribution in [2.24, 2.45) is 4.99 Å². The highest BCUT2D eigenvalue weighted by Crippen LogP contribution is 2.49. The quantitative estimate of drug-likeness (QED) is 0.744. The SMILES string of the molecule is Cc1c(C2C(c3ccccn3)N=C3SC(C)CN32)ccc(N2CCCC2)c1C. The van der Waals surface area contributed by atoms with Crippen LogP contribution in [0.1, 0.15) is 54.2 Å². The fourth-order valence-electron chi connectivity index (χ4n) is 4.90. The van der Waals surface area contributed by atoms with Crippen LogP contribution in [-0.4, -0.2) is 39.9 Å². The second kappa shape index (κ2) is 7.11. The minimum Gasteiger partial charge on any atom is -0.371 e. The number of amidine groups is 1. The average molecular weight is 393 g/mol. The number of nitrogens with zero attached hydrogens (tertiary/aromatic N) is 4. The number of fused-ring (bicyclic) bond motifs is 1. The Hall–Kier alpha value is -2.01. The van der Waals surface area contributed by atoms with E-state index >= 15 is 0 Å². The van der Waals surface area contributed by atoms with E-state index in [0.717, 1.165) is 12.2 Å². The molecule has 4 nitrogen and oxygen atoms in total. The lowest BCUT2D eigenvalue weighted by Crippen LogP contribution is -2.29. The molecule has 0 saturated carbocycles. The van der Waals surface area contributed by atoms with E-state index in [1.165, 1.54) is 53.5 Å². The van der Waals surface area contributed by atoms with Crippen molar-refractivity contribution in [3.05, 3.63) is 58.9 Å². The van der Waals surface area contributed by atoms with Crippen LogP contribution in [0.25, 0.3) is 0 Å². The molecule has 0 spiro atoms. The lowest BCUT2D eigenvalue weighted by atomic mass is 9.90. The zero-order chi connectivity index (χ0) is 19.3. The van der Waals surface area contributed by atoms with Gasteiger partial charge >= 0.3 is 0 Å². The summed E-state index contributed by atoms with van der Waals surface area (Å²) in [5.74, 6) is 0. The molecule has 3 atom stereocenters. The van der Waals surface area contributed by atoms with Crippen LogP contribution in [-0.2, 0) is 0 Å². The molecule has 1 aromatic heterocycles. The maximum atomic E-state index is 5.13. The number of benzene rings is 1. The van der Waals surface area contributed by atoms with Gasteiger partial charge in [-0.15, -0.1) is 0 Å². The first-order chi connectivity index (χ1) is 13.6. The molecule has 146 valence electrons. The Bertz CT molecular complexity index is 904. The standard InChI is InChI=1S/C23H28N4S/c1-15-14-27-22(21(25-23(27)28-15)19-8-4-5-11-24-19)18-9-10-20(17(3)16(18)2)26-12-6-7-13-26/h4-5,8-11,15,21-22H,6-7,12-14H2,1-3H3. The molecule has 2 fully saturated rings. The van der Waals surface area contributed by atoms with Crippen LogP contribution in [0.5, 0.6) is 0 Å². The average Bonchev–Trinajstić information content (AvgIpc) is 3.41. The van der Waals surface area contributed by atoms with Crippen LogP contribution in [0.2, 0.25) is 0 Å². The van der Waals surface area contributed by atoms with Crippen LogP contribution in [0, 0.1) is 13.8 Å². The topological polar surface area (TPSA) is 31.7 Å². The van der Waals surface area contributed by atoms with Crippen molar-refractivity contribution in [2.45, 2.75) is 50.9 Å². The van der Waals surface area contributed by atoms with Crippen LogP contribution >= 0.6 is 11.8 Å². The summed E-state index contributed by atoms with van der Waals surface area (Å²) in [6, 6.07) is 11.2. The maximum absolute atomic E-state index is 5.13. The molecule has 0 bridgehead atoms. The second-order valence-corrected chi connectivity index (χ2v) is 9.66. The minimum atomic E-state index is 0.0759. The normalized spacial score (nSPS) is 26.7. The van der Waals surface area contributed by atoms with Crippen molar-refractivity contribution < 1.29 is 0 Å². The first-order valence-electron chi connectivity index (χ1n) is 10.4. The summed E-state index contributed by atoms with van der Waals surface area (Å²) >= 11 is 1.91. The van der Waals surface area contributed by atoms with Crippen molar-refractivity contribution >= 4 is 22.6 Å². The molecular formula is C23H28N4S. The highest BCUT2D eigenvalue weighted by Gasteiger charge is 2.44. The lowest BCUT2D eigenvalue weighted by Gasteiger charge is -2.30. The van der Waals surface area contributed by atoms with E-state index in [4.69, 9.17) is 4.99 Å². The second-order valence-electron chi connectivity index (χ2n) is 8.25. The van der Waals surface area contributed by atoms with E-state index in [-0.39, 0.29) is 12.1 Å². The van der Waals surface area contributed by atoms with Gasteiger partial charge in [0.2, 0.25) is 0 Å². The molecule has 0 N–H and O–H groups in total. The Kier molecular flexibility index (Phi) is 4.58. The number of hydrogen-bond donors (Lipinski definition) is 0. The third kappa shape index (κ3) is 2.91. The van der Waals surface area contributed by atoms with Gasteiger partial charge in [-0.05, 0) is 61.6 Å². The Morgan fingerprint density at radius 1 is 1.04 bits per heavy atom. The highest BCUT2D eigenvalue weighted by atomic mass is 32.2. The molecule has 3 unspecified atom stereocenters. The van der Waals surface area contributed by atoms with Crippen molar-refractivity contribution in [1.29, 1.82) is 0 Å². The van der Waals surface area contributed by atoms with E-state index in [9.17, 15) is 0 Å². The summed E-state index contributed by atoms with van der Waals surface area (Å²) in [6.45, 7) is 10.3. The number of pyridine rings is 1. The molecule has 5 heteroatoms. The smallest absolute Gasteiger partial charge is 0.160 e. The van der Waals surface area contributed by atoms with Gasteiger partial charge in [0.15, 0.2) is 5.17 Å². The molecule has 0 amide bonds. The summed E-state index contributed by atoms with van der Waals surface area (Å²) in [4.78, 5) is 14.9. The fraction of sp³-hybridized carbons (Fsp3) is 0.478. The number of aliphatic imine (C=N–C) groups is 1. The minimum absolute atomic E-state index is 0.0759. The van der Waals surface area contributed by atoms with Crippen LogP contribution < -0.4 is 4.90 Å². The molecular weight excluding hydrogens is 364 g/mol. The van der Waals surface area contributed by atoms with Crippen molar-refractivity contribution in [1.82, 2.24) is 9.88 Å². The third-order valence-corrected chi connectivity index (χ3v) is 7.55. The van der Waals surface area contributed by atoms with Crippen molar-refractivity contribution in [3.63, 3.8) is 0 Å². The zero-order valence-corrected chi connectivity index (χ0v) is 17.7. The summed E-state index contributed by atoms with van der Waals surface area (Å²) in [7, 11) is 0. The molecule has 28 heavy (non-hydrogen) atoms. The third-order valence-electron chi connectivity index (χ3n) is 6.45. The van der Waals surface area contributed by atoms with Gasteiger partial charge in [-0.2, -0.15) is 0 Å². The highest BCUT2D eigenvalue weighted by molar-refractivity contribution is 8.14. The Labute approximate surface area is 172 Å². The largest absolute Gasteiger partial charge is 0.371 e. The zero-order valence-electron chi connectivity index (χ0n) is 16.9. The fourth-order valence-corrected chi connectivity index (χ4v) is 6.00. The van der Waals surface area contributed by atoms with E-state index < -0.39 is 0 Å². The molecule has 4 heterocycles. The first kappa shape index (κ1) is 18.0. The van der Waals surface area contributed by atoms with Gasteiger partial charge in [-0.3, -0.25) is 9.98 Å². The summed E-state index contributed by atoms with van der Waals surface area (Å²) in [6.07, 6.45) is 4.51. The molecule has 2 saturated heterocycles. The molecule has 5 rings (SSSR count). The van der Waals surface area contributed by atoms with E-state index in [1.54, 1.807) is 0 Å². The van der Waals surface area contributed by atoms with Gasteiger partial charge in [-0.1, -0.05) is 30.8 Å². The number of rotatable bonds is 3. The molecule has 1 aromatic carbocycles. The Morgan fingerprint density at radius 2 is 1.86 bits per heavy atom. The number of aromatic nitrogens is 1. The number of thioether (sulfide) groups is 1. The van der Waals surface area contributed by atoms with Crippen LogP contribution in [0.3, 0.4) is 0 Å². The monoisotopic (exact) mass is 392 g/mol. The van der Waals surface area contributed by atoms with Gasteiger partial charge < -0.3 is 9.80 Å². The van der Waals surface area contributed by atoms with Crippen molar-refractivity contribution in [3.8, 4) is 0 Å². The van der Waals surface area contributed by atoms with E-state index in [1.807, 2.05) is 24.0 Å². The van der Waals surface area contributed by atoms with Crippen molar-refractivity contribution in [2.75, 3.05) is 24.5 Å². The van der Waals surface area contributed by atoms with Gasteiger partial charge in [0.05, 0.1) is 11.7 Å². The predicted molar refractivity (Wildman–Crippen MR) is 118 cm³/mol. The summed E-state index contributed by atoms with van der Waals surface area (Å²) in [5.41, 5.74) is 6.73. The molecule has 3 aliphatic rings. The van der Waals surface area contributed by atoms with Crippen LogP contribution in [0.15, 0.2) is 41.5 Å². The van der Waals surface area contributed by atoms with Gasteiger partial charge in [0.1, 0.15) is 6.04 Å². The predicted octanol–water partition coefficient (Wildman–Crippen LogP) is 4.89. The first-order valence-corrected chi connectivity index (χ1v) is 11.3. The number of hydrogen-bond acceptors (Lipinski definition) is 5. The number of anilines is 1. The van der Waals surface area contributed by atoms with Gasteiger partial charge in [0, 0.05) is 36.8 Å². The maximum Gasteiger partial charge on any atom is 0.160 e. The van der Waals surface area contributed by atoms with Gasteiger partial charge in [-0.25, -0.2) is 0 Å². The van der Waals surface area contributed by atoms with E-state index in [0.29, 0.717) is 5.25 Å².